The van der Waals surface area contributed by atoms with Crippen LogP contribution in [0.25, 0.3) is 5.69 Å². The van der Waals surface area contributed by atoms with Crippen LogP contribution >= 0.6 is 0 Å². The highest BCUT2D eigenvalue weighted by molar-refractivity contribution is 5.90. The Morgan fingerprint density at radius 2 is 2.00 bits per heavy atom. The zero-order valence-electron chi connectivity index (χ0n) is 11.9. The highest BCUT2D eigenvalue weighted by Crippen LogP contribution is 2.12. The van der Waals surface area contributed by atoms with Crippen LogP contribution in [-0.4, -0.2) is 25.7 Å². The molecular formula is C16H15N5O. The summed E-state index contributed by atoms with van der Waals surface area (Å²) in [5.41, 5.74) is 2.71. The van der Waals surface area contributed by atoms with E-state index in [0.29, 0.717) is 12.8 Å². The minimum Gasteiger partial charge on any atom is -0.326 e. The predicted molar refractivity (Wildman–Crippen MR) is 82.5 cm³/mol. The number of amides is 1. The Hall–Kier alpha value is -3.02. The molecule has 0 spiro atoms. The van der Waals surface area contributed by atoms with Crippen molar-refractivity contribution in [3.8, 4) is 5.69 Å². The molecule has 6 heteroatoms. The lowest BCUT2D eigenvalue weighted by molar-refractivity contribution is -0.116. The van der Waals surface area contributed by atoms with Gasteiger partial charge >= 0.3 is 0 Å². The minimum absolute atomic E-state index is 0.0163. The Balaban J connectivity index is 1.55. The van der Waals surface area contributed by atoms with Crippen molar-refractivity contribution in [2.24, 2.45) is 0 Å². The molecule has 2 aromatic heterocycles. The SMILES string of the molecule is O=C(CCc1cccnc1)Nc1ccc(-n2cncn2)cc1. The second kappa shape index (κ2) is 6.62. The van der Waals surface area contributed by atoms with Gasteiger partial charge in [-0.1, -0.05) is 6.07 Å². The Morgan fingerprint density at radius 1 is 1.14 bits per heavy atom. The molecule has 0 aliphatic rings. The van der Waals surface area contributed by atoms with Crippen molar-refractivity contribution in [3.63, 3.8) is 0 Å². The minimum atomic E-state index is -0.0163. The van der Waals surface area contributed by atoms with Crippen LogP contribution in [0.4, 0.5) is 5.69 Å². The fourth-order valence-electron chi connectivity index (χ4n) is 2.07. The summed E-state index contributed by atoms with van der Waals surface area (Å²) in [4.78, 5) is 19.9. The average molecular weight is 293 g/mol. The molecular weight excluding hydrogens is 278 g/mol. The molecule has 1 N–H and O–H groups in total. The molecule has 6 nitrogen and oxygen atoms in total. The predicted octanol–water partition coefficient (Wildman–Crippen LogP) is 2.23. The normalized spacial score (nSPS) is 10.4. The van der Waals surface area contributed by atoms with Crippen LogP contribution in [0.2, 0.25) is 0 Å². The van der Waals surface area contributed by atoms with Crippen LogP contribution in [0.5, 0.6) is 0 Å². The van der Waals surface area contributed by atoms with Crippen molar-refractivity contribution < 1.29 is 4.79 Å². The summed E-state index contributed by atoms with van der Waals surface area (Å²) in [6.07, 6.45) is 7.71. The first kappa shape index (κ1) is 13.9. The lowest BCUT2D eigenvalue weighted by atomic mass is 10.1. The van der Waals surface area contributed by atoms with Crippen molar-refractivity contribution in [1.82, 2.24) is 19.7 Å². The average Bonchev–Trinajstić information content (AvgIpc) is 3.09. The van der Waals surface area contributed by atoms with Crippen LogP contribution < -0.4 is 5.32 Å². The summed E-state index contributed by atoms with van der Waals surface area (Å²) >= 11 is 0. The van der Waals surface area contributed by atoms with Crippen LogP contribution in [0.1, 0.15) is 12.0 Å². The number of nitrogens with one attached hydrogen (secondary N) is 1. The summed E-state index contributed by atoms with van der Waals surface area (Å²) in [6.45, 7) is 0. The second-order valence-electron chi connectivity index (χ2n) is 4.80. The van der Waals surface area contributed by atoms with Crippen molar-refractivity contribution in [2.75, 3.05) is 5.32 Å². The van der Waals surface area contributed by atoms with Gasteiger partial charge in [0.05, 0.1) is 5.69 Å². The van der Waals surface area contributed by atoms with Gasteiger partial charge in [0.2, 0.25) is 5.91 Å². The largest absolute Gasteiger partial charge is 0.326 e. The Kier molecular flexibility index (Phi) is 4.20. The van der Waals surface area contributed by atoms with Gasteiger partial charge in [0.15, 0.2) is 0 Å². The number of carbonyl (C=O) groups excluding carboxylic acids is 1. The topological polar surface area (TPSA) is 72.7 Å². The Bertz CT molecular complexity index is 723. The molecule has 2 heterocycles. The van der Waals surface area contributed by atoms with Gasteiger partial charge in [-0.3, -0.25) is 9.78 Å². The van der Waals surface area contributed by atoms with Crippen molar-refractivity contribution in [1.29, 1.82) is 0 Å². The molecule has 1 aromatic carbocycles. The van der Waals surface area contributed by atoms with E-state index in [9.17, 15) is 4.79 Å². The molecule has 22 heavy (non-hydrogen) atoms. The maximum atomic E-state index is 11.9. The van der Waals surface area contributed by atoms with E-state index in [0.717, 1.165) is 16.9 Å². The molecule has 0 saturated carbocycles. The molecule has 3 aromatic rings. The number of pyridine rings is 1. The Labute approximate surface area is 127 Å². The first-order valence-electron chi connectivity index (χ1n) is 6.95. The summed E-state index contributed by atoms with van der Waals surface area (Å²) in [5.74, 6) is -0.0163. The van der Waals surface area contributed by atoms with Gasteiger partial charge in [0, 0.05) is 24.5 Å². The first-order chi connectivity index (χ1) is 10.8. The third-order valence-corrected chi connectivity index (χ3v) is 3.20. The van der Waals surface area contributed by atoms with Crippen LogP contribution in [-0.2, 0) is 11.2 Å². The molecule has 0 aliphatic carbocycles. The standard InChI is InChI=1S/C16H15N5O/c22-16(8-3-13-2-1-9-17-10-13)20-14-4-6-15(7-5-14)21-12-18-11-19-21/h1-2,4-7,9-12H,3,8H2,(H,20,22). The second-order valence-corrected chi connectivity index (χ2v) is 4.80. The maximum absolute atomic E-state index is 11.9. The maximum Gasteiger partial charge on any atom is 0.224 e. The van der Waals surface area contributed by atoms with Crippen LogP contribution in [0.15, 0.2) is 61.4 Å². The number of hydrogen-bond donors (Lipinski definition) is 1. The highest BCUT2D eigenvalue weighted by Gasteiger charge is 2.04. The third-order valence-electron chi connectivity index (χ3n) is 3.20. The van der Waals surface area contributed by atoms with E-state index in [4.69, 9.17) is 0 Å². The van der Waals surface area contributed by atoms with Crippen LogP contribution in [0.3, 0.4) is 0 Å². The zero-order valence-corrected chi connectivity index (χ0v) is 11.9. The van der Waals surface area contributed by atoms with Gasteiger partial charge in [-0.25, -0.2) is 9.67 Å². The number of rotatable bonds is 5. The molecule has 0 bridgehead atoms. The molecule has 0 aliphatic heterocycles. The van der Waals surface area contributed by atoms with Gasteiger partial charge in [-0.15, -0.1) is 0 Å². The number of nitrogens with zero attached hydrogens (tertiary/aromatic N) is 4. The van der Waals surface area contributed by atoms with E-state index >= 15 is 0 Å². The van der Waals surface area contributed by atoms with Gasteiger partial charge in [0.25, 0.3) is 0 Å². The van der Waals surface area contributed by atoms with E-state index in [1.54, 1.807) is 23.4 Å². The smallest absolute Gasteiger partial charge is 0.224 e. The number of aromatic nitrogens is 4. The van der Waals surface area contributed by atoms with E-state index < -0.39 is 0 Å². The van der Waals surface area contributed by atoms with Crippen molar-refractivity contribution in [2.45, 2.75) is 12.8 Å². The van der Waals surface area contributed by atoms with E-state index in [1.807, 2.05) is 36.4 Å². The molecule has 3 rings (SSSR count). The lowest BCUT2D eigenvalue weighted by Gasteiger charge is -2.06. The molecule has 1 amide bonds. The van der Waals surface area contributed by atoms with E-state index in [-0.39, 0.29) is 5.91 Å². The molecule has 0 fully saturated rings. The van der Waals surface area contributed by atoms with Crippen molar-refractivity contribution >= 4 is 11.6 Å². The summed E-state index contributed by atoms with van der Waals surface area (Å²) in [7, 11) is 0. The fourth-order valence-corrected chi connectivity index (χ4v) is 2.07. The highest BCUT2D eigenvalue weighted by atomic mass is 16.1. The van der Waals surface area contributed by atoms with E-state index in [2.05, 4.69) is 20.4 Å². The Morgan fingerprint density at radius 3 is 2.68 bits per heavy atom. The number of carbonyl (C=O) groups is 1. The van der Waals surface area contributed by atoms with Gasteiger partial charge < -0.3 is 5.32 Å². The zero-order chi connectivity index (χ0) is 15.2. The molecule has 0 atom stereocenters. The van der Waals surface area contributed by atoms with Gasteiger partial charge in [-0.05, 0) is 42.3 Å². The number of hydrogen-bond acceptors (Lipinski definition) is 4. The lowest BCUT2D eigenvalue weighted by Crippen LogP contribution is -2.12. The van der Waals surface area contributed by atoms with Gasteiger partial charge in [-0.2, -0.15) is 5.10 Å². The molecule has 0 radical (unpaired) electrons. The number of aryl methyl sites for hydroxylation is 1. The summed E-state index contributed by atoms with van der Waals surface area (Å²) in [5, 5.41) is 6.93. The number of benzene rings is 1. The van der Waals surface area contributed by atoms with Crippen molar-refractivity contribution in [3.05, 3.63) is 67.0 Å². The number of anilines is 1. The van der Waals surface area contributed by atoms with Crippen LogP contribution in [0, 0.1) is 0 Å². The summed E-state index contributed by atoms with van der Waals surface area (Å²) < 4.78 is 1.66. The van der Waals surface area contributed by atoms with Gasteiger partial charge in [0.1, 0.15) is 12.7 Å². The quantitative estimate of drug-likeness (QED) is 0.783. The summed E-state index contributed by atoms with van der Waals surface area (Å²) in [6, 6.07) is 11.3. The molecule has 110 valence electrons. The fraction of sp³-hybridized carbons (Fsp3) is 0.125. The molecule has 0 unspecified atom stereocenters. The third kappa shape index (κ3) is 3.54. The molecule has 0 saturated heterocycles. The monoisotopic (exact) mass is 293 g/mol. The first-order valence-corrected chi connectivity index (χ1v) is 6.95. The van der Waals surface area contributed by atoms with E-state index in [1.165, 1.54) is 6.33 Å².